The summed E-state index contributed by atoms with van der Waals surface area (Å²) in [5.41, 5.74) is 0.241. The molecule has 0 aliphatic carbocycles. The summed E-state index contributed by atoms with van der Waals surface area (Å²) in [5, 5.41) is 0. The molecule has 8 nitrogen and oxygen atoms in total. The van der Waals surface area contributed by atoms with Crippen LogP contribution in [-0.2, 0) is 10.0 Å². The third-order valence-electron chi connectivity index (χ3n) is 3.18. The Morgan fingerprint density at radius 3 is 2.58 bits per heavy atom. The molecular weight excluding hydrogens is 334 g/mol. The van der Waals surface area contributed by atoms with Crippen molar-refractivity contribution in [1.29, 1.82) is 0 Å². The van der Waals surface area contributed by atoms with E-state index in [-0.39, 0.29) is 16.6 Å². The third kappa shape index (κ3) is 3.67. The van der Waals surface area contributed by atoms with Crippen molar-refractivity contribution in [3.8, 4) is 17.5 Å². The Morgan fingerprint density at radius 1 is 1.17 bits per heavy atom. The van der Waals surface area contributed by atoms with Gasteiger partial charge in [0.15, 0.2) is 11.5 Å². The standard InChI is InChI=1S/C15H17N3O5S/c1-2-21-15-16-9-11(10-17-15)18-24(19,20)12-4-5-13-14(8-12)23-7-3-6-22-13/h4-5,8-10,18H,2-3,6-7H2,1H3. The Balaban J connectivity index is 1.81. The molecule has 2 aromatic rings. The summed E-state index contributed by atoms with van der Waals surface area (Å²) in [5.74, 6) is 0.953. The largest absolute Gasteiger partial charge is 0.490 e. The molecule has 0 amide bonds. The topological polar surface area (TPSA) is 99.6 Å². The third-order valence-corrected chi connectivity index (χ3v) is 4.56. The molecule has 1 N–H and O–H groups in total. The van der Waals surface area contributed by atoms with Gasteiger partial charge in [-0.3, -0.25) is 4.72 Å². The van der Waals surface area contributed by atoms with Crippen molar-refractivity contribution in [1.82, 2.24) is 9.97 Å². The first-order valence-corrected chi connectivity index (χ1v) is 8.94. The van der Waals surface area contributed by atoms with Crippen LogP contribution in [0.2, 0.25) is 0 Å². The van der Waals surface area contributed by atoms with Crippen molar-refractivity contribution in [2.45, 2.75) is 18.2 Å². The average Bonchev–Trinajstić information content (AvgIpc) is 2.81. The molecule has 128 valence electrons. The van der Waals surface area contributed by atoms with Crippen molar-refractivity contribution < 1.29 is 22.6 Å². The minimum Gasteiger partial charge on any atom is -0.490 e. The molecule has 0 atom stereocenters. The summed E-state index contributed by atoms with van der Waals surface area (Å²) in [7, 11) is -3.79. The lowest BCUT2D eigenvalue weighted by molar-refractivity contribution is 0.297. The van der Waals surface area contributed by atoms with E-state index in [4.69, 9.17) is 14.2 Å². The molecule has 1 aromatic carbocycles. The minimum absolute atomic E-state index is 0.0700. The molecule has 1 aliphatic rings. The summed E-state index contributed by atoms with van der Waals surface area (Å²) >= 11 is 0. The first-order chi connectivity index (χ1) is 11.6. The van der Waals surface area contributed by atoms with Crippen molar-refractivity contribution in [3.63, 3.8) is 0 Å². The highest BCUT2D eigenvalue weighted by atomic mass is 32.2. The number of rotatable bonds is 5. The molecule has 0 spiro atoms. The maximum absolute atomic E-state index is 12.5. The summed E-state index contributed by atoms with van der Waals surface area (Å²) in [6.45, 7) is 3.27. The number of ether oxygens (including phenoxy) is 3. The van der Waals surface area contributed by atoms with Crippen molar-refractivity contribution in [2.75, 3.05) is 24.5 Å². The Hall–Kier alpha value is -2.55. The second-order valence-electron chi connectivity index (χ2n) is 4.95. The molecular formula is C15H17N3O5S. The van der Waals surface area contributed by atoms with Gasteiger partial charge < -0.3 is 14.2 Å². The van der Waals surface area contributed by atoms with Gasteiger partial charge in [0.05, 0.1) is 42.8 Å². The second kappa shape index (κ2) is 6.91. The zero-order valence-electron chi connectivity index (χ0n) is 13.1. The number of sulfonamides is 1. The highest BCUT2D eigenvalue weighted by Crippen LogP contribution is 2.32. The summed E-state index contributed by atoms with van der Waals surface area (Å²) in [4.78, 5) is 7.92. The number of hydrogen-bond donors (Lipinski definition) is 1. The molecule has 0 saturated carbocycles. The molecule has 1 aliphatic heterocycles. The highest BCUT2D eigenvalue weighted by Gasteiger charge is 2.19. The van der Waals surface area contributed by atoms with Crippen LogP contribution in [0.5, 0.6) is 17.5 Å². The zero-order chi connectivity index (χ0) is 17.0. The van der Waals surface area contributed by atoms with E-state index in [9.17, 15) is 8.42 Å². The molecule has 0 bridgehead atoms. The van der Waals surface area contributed by atoms with E-state index in [1.807, 2.05) is 6.92 Å². The van der Waals surface area contributed by atoms with E-state index in [1.54, 1.807) is 6.07 Å². The summed E-state index contributed by atoms with van der Waals surface area (Å²) in [6.07, 6.45) is 3.44. The fourth-order valence-electron chi connectivity index (χ4n) is 2.10. The van der Waals surface area contributed by atoms with Gasteiger partial charge in [-0.05, 0) is 19.1 Å². The fraction of sp³-hybridized carbons (Fsp3) is 0.333. The maximum atomic E-state index is 12.5. The van der Waals surface area contributed by atoms with Crippen LogP contribution < -0.4 is 18.9 Å². The Labute approximate surface area is 139 Å². The molecule has 24 heavy (non-hydrogen) atoms. The lowest BCUT2D eigenvalue weighted by atomic mass is 10.3. The quantitative estimate of drug-likeness (QED) is 0.877. The van der Waals surface area contributed by atoms with Crippen LogP contribution in [0.1, 0.15) is 13.3 Å². The first kappa shape index (κ1) is 16.3. The van der Waals surface area contributed by atoms with E-state index >= 15 is 0 Å². The number of hydrogen-bond acceptors (Lipinski definition) is 7. The van der Waals surface area contributed by atoms with Gasteiger partial charge in [0.2, 0.25) is 0 Å². The van der Waals surface area contributed by atoms with E-state index in [2.05, 4.69) is 14.7 Å². The van der Waals surface area contributed by atoms with E-state index < -0.39 is 10.0 Å². The second-order valence-corrected chi connectivity index (χ2v) is 6.63. The van der Waals surface area contributed by atoms with Crippen LogP contribution in [0.4, 0.5) is 5.69 Å². The predicted octanol–water partition coefficient (Wildman–Crippen LogP) is 1.84. The number of benzene rings is 1. The number of nitrogens with zero attached hydrogens (tertiary/aromatic N) is 2. The van der Waals surface area contributed by atoms with Crippen LogP contribution in [-0.4, -0.2) is 38.2 Å². The normalized spacial score (nSPS) is 13.9. The van der Waals surface area contributed by atoms with Crippen LogP contribution in [0.3, 0.4) is 0 Å². The summed E-state index contributed by atoms with van der Waals surface area (Å²) in [6, 6.07) is 4.68. The van der Waals surface area contributed by atoms with Gasteiger partial charge in [0.25, 0.3) is 10.0 Å². The van der Waals surface area contributed by atoms with Gasteiger partial charge in [-0.25, -0.2) is 18.4 Å². The van der Waals surface area contributed by atoms with Crippen LogP contribution in [0.25, 0.3) is 0 Å². The molecule has 1 aromatic heterocycles. The molecule has 0 fully saturated rings. The monoisotopic (exact) mass is 351 g/mol. The van der Waals surface area contributed by atoms with Crippen molar-refractivity contribution in [3.05, 3.63) is 30.6 Å². The molecule has 9 heteroatoms. The zero-order valence-corrected chi connectivity index (χ0v) is 13.9. The van der Waals surface area contributed by atoms with Gasteiger partial charge in [0.1, 0.15) is 0 Å². The van der Waals surface area contributed by atoms with E-state index in [1.165, 1.54) is 24.5 Å². The minimum atomic E-state index is -3.79. The lowest BCUT2D eigenvalue weighted by Gasteiger charge is -2.11. The highest BCUT2D eigenvalue weighted by molar-refractivity contribution is 7.92. The van der Waals surface area contributed by atoms with Crippen molar-refractivity contribution >= 4 is 15.7 Å². The molecule has 0 saturated heterocycles. The van der Waals surface area contributed by atoms with E-state index in [0.29, 0.717) is 31.3 Å². The van der Waals surface area contributed by atoms with Gasteiger partial charge in [-0.15, -0.1) is 0 Å². The Kier molecular flexibility index (Phi) is 4.70. The van der Waals surface area contributed by atoms with Crippen molar-refractivity contribution in [2.24, 2.45) is 0 Å². The van der Waals surface area contributed by atoms with Gasteiger partial charge >= 0.3 is 6.01 Å². The van der Waals surface area contributed by atoms with Gasteiger partial charge in [-0.1, -0.05) is 0 Å². The average molecular weight is 351 g/mol. The molecule has 3 rings (SSSR count). The molecule has 0 unspecified atom stereocenters. The predicted molar refractivity (Wildman–Crippen MR) is 86.1 cm³/mol. The smallest absolute Gasteiger partial charge is 0.316 e. The van der Waals surface area contributed by atoms with Gasteiger partial charge in [-0.2, -0.15) is 0 Å². The number of aromatic nitrogens is 2. The molecule has 0 radical (unpaired) electrons. The maximum Gasteiger partial charge on any atom is 0.316 e. The lowest BCUT2D eigenvalue weighted by Crippen LogP contribution is -2.13. The van der Waals surface area contributed by atoms with Gasteiger partial charge in [0, 0.05) is 12.5 Å². The number of nitrogens with one attached hydrogen (secondary N) is 1. The SMILES string of the molecule is CCOc1ncc(NS(=O)(=O)c2ccc3c(c2)OCCCO3)cn1. The number of anilines is 1. The first-order valence-electron chi connectivity index (χ1n) is 7.46. The van der Waals surface area contributed by atoms with Crippen LogP contribution in [0.15, 0.2) is 35.5 Å². The Bertz CT molecular complexity index is 808. The van der Waals surface area contributed by atoms with Crippen LogP contribution >= 0.6 is 0 Å². The molecule has 2 heterocycles. The van der Waals surface area contributed by atoms with E-state index in [0.717, 1.165) is 6.42 Å². The van der Waals surface area contributed by atoms with Crippen LogP contribution in [0, 0.1) is 0 Å². The fourth-order valence-corrected chi connectivity index (χ4v) is 3.14. The summed E-state index contributed by atoms with van der Waals surface area (Å²) < 4.78 is 43.5. The number of fused-ring (bicyclic) bond motifs is 1. The Morgan fingerprint density at radius 2 is 1.88 bits per heavy atom.